The molecule has 1 atom stereocenters. The average molecular weight is 405 g/mol. The van der Waals surface area contributed by atoms with Gasteiger partial charge in [-0.05, 0) is 42.8 Å². The van der Waals surface area contributed by atoms with Gasteiger partial charge in [-0.15, -0.1) is 0 Å². The van der Waals surface area contributed by atoms with Crippen LogP contribution in [0.4, 0.5) is 24.5 Å². The summed E-state index contributed by atoms with van der Waals surface area (Å²) in [6.45, 7) is 2.59. The molecule has 0 bridgehead atoms. The van der Waals surface area contributed by atoms with E-state index in [0.717, 1.165) is 12.1 Å². The number of rotatable bonds is 5. The largest absolute Gasteiger partial charge is 0.417 e. The van der Waals surface area contributed by atoms with Crippen LogP contribution in [-0.4, -0.2) is 22.5 Å². The van der Waals surface area contributed by atoms with Gasteiger partial charge in [-0.1, -0.05) is 12.1 Å². The molecule has 0 aliphatic carbocycles. The standard InChI is InChI=1S/C20H18F3N3O3/c1-12(27)25-15-6-3-13(4-7-15)10-19(2,29)18(28)26-16-8-5-14(11-24)17(9-16)20(21,22)23/h3-9,29H,10H2,1-2H3,(H,25,27)(H,26,28)/t19-/m0/s1. The highest BCUT2D eigenvalue weighted by Gasteiger charge is 2.35. The lowest BCUT2D eigenvalue weighted by Gasteiger charge is -2.23. The molecule has 2 rings (SSSR count). The van der Waals surface area contributed by atoms with E-state index in [4.69, 9.17) is 5.26 Å². The fourth-order valence-electron chi connectivity index (χ4n) is 2.61. The number of amides is 2. The van der Waals surface area contributed by atoms with E-state index in [1.54, 1.807) is 24.3 Å². The molecule has 0 heterocycles. The van der Waals surface area contributed by atoms with Gasteiger partial charge in [-0.3, -0.25) is 9.59 Å². The van der Waals surface area contributed by atoms with Gasteiger partial charge in [0.05, 0.1) is 17.2 Å². The first-order valence-corrected chi connectivity index (χ1v) is 8.44. The third-order valence-corrected chi connectivity index (χ3v) is 4.02. The molecule has 2 aromatic rings. The van der Waals surface area contributed by atoms with Gasteiger partial charge in [0.25, 0.3) is 5.91 Å². The van der Waals surface area contributed by atoms with E-state index in [1.165, 1.54) is 19.9 Å². The molecule has 0 radical (unpaired) electrons. The quantitative estimate of drug-likeness (QED) is 0.709. The SMILES string of the molecule is CC(=O)Nc1ccc(C[C@](C)(O)C(=O)Nc2ccc(C#N)c(C(F)(F)F)c2)cc1. The highest BCUT2D eigenvalue weighted by molar-refractivity contribution is 5.97. The lowest BCUT2D eigenvalue weighted by Crippen LogP contribution is -2.42. The fourth-order valence-corrected chi connectivity index (χ4v) is 2.61. The number of nitrogens with one attached hydrogen (secondary N) is 2. The maximum atomic E-state index is 13.0. The van der Waals surface area contributed by atoms with Gasteiger partial charge in [0, 0.05) is 24.7 Å². The summed E-state index contributed by atoms with van der Waals surface area (Å²) in [5, 5.41) is 24.1. The van der Waals surface area contributed by atoms with E-state index >= 15 is 0 Å². The molecule has 29 heavy (non-hydrogen) atoms. The molecule has 0 unspecified atom stereocenters. The number of benzene rings is 2. The Morgan fingerprint density at radius 3 is 2.17 bits per heavy atom. The molecule has 0 aromatic heterocycles. The van der Waals surface area contributed by atoms with Crippen molar-refractivity contribution in [3.63, 3.8) is 0 Å². The molecule has 2 aromatic carbocycles. The summed E-state index contributed by atoms with van der Waals surface area (Å²) in [5.74, 6) is -1.15. The number of alkyl halides is 3. The lowest BCUT2D eigenvalue weighted by molar-refractivity contribution is -0.138. The van der Waals surface area contributed by atoms with Crippen LogP contribution < -0.4 is 10.6 Å². The Morgan fingerprint density at radius 2 is 1.66 bits per heavy atom. The number of aliphatic hydroxyl groups is 1. The normalized spacial score (nSPS) is 13.1. The molecular weight excluding hydrogens is 387 g/mol. The predicted octanol–water partition coefficient (Wildman–Crippen LogP) is 3.47. The Morgan fingerprint density at radius 1 is 1.07 bits per heavy atom. The van der Waals surface area contributed by atoms with Crippen LogP contribution in [0.25, 0.3) is 0 Å². The van der Waals surface area contributed by atoms with Gasteiger partial charge in [-0.25, -0.2) is 0 Å². The molecule has 0 spiro atoms. The summed E-state index contributed by atoms with van der Waals surface area (Å²) >= 11 is 0. The highest BCUT2D eigenvalue weighted by atomic mass is 19.4. The zero-order chi connectivity index (χ0) is 21.8. The molecule has 0 saturated carbocycles. The van der Waals surface area contributed by atoms with Crippen molar-refractivity contribution in [2.45, 2.75) is 32.0 Å². The molecular formula is C20H18F3N3O3. The van der Waals surface area contributed by atoms with Crippen LogP contribution in [-0.2, 0) is 22.2 Å². The lowest BCUT2D eigenvalue weighted by atomic mass is 9.95. The Bertz CT molecular complexity index is 962. The van der Waals surface area contributed by atoms with Crippen molar-refractivity contribution in [3.8, 4) is 6.07 Å². The van der Waals surface area contributed by atoms with Crippen molar-refractivity contribution in [2.24, 2.45) is 0 Å². The molecule has 0 aliphatic heterocycles. The molecule has 3 N–H and O–H groups in total. The topological polar surface area (TPSA) is 102 Å². The summed E-state index contributed by atoms with van der Waals surface area (Å²) in [7, 11) is 0. The van der Waals surface area contributed by atoms with Crippen molar-refractivity contribution in [3.05, 3.63) is 59.2 Å². The summed E-state index contributed by atoms with van der Waals surface area (Å²) in [6, 6.07) is 10.6. The smallest absolute Gasteiger partial charge is 0.380 e. The van der Waals surface area contributed by atoms with Crippen molar-refractivity contribution in [2.75, 3.05) is 10.6 Å². The van der Waals surface area contributed by atoms with Crippen LogP contribution in [0.1, 0.15) is 30.5 Å². The first kappa shape index (κ1) is 21.9. The van der Waals surface area contributed by atoms with E-state index in [9.17, 15) is 27.9 Å². The van der Waals surface area contributed by atoms with Gasteiger partial charge in [0.1, 0.15) is 5.60 Å². The molecule has 9 heteroatoms. The second kappa shape index (κ2) is 8.32. The maximum Gasteiger partial charge on any atom is 0.417 e. The summed E-state index contributed by atoms with van der Waals surface area (Å²) in [6.07, 6.45) is -4.87. The van der Waals surface area contributed by atoms with E-state index in [-0.39, 0.29) is 18.0 Å². The van der Waals surface area contributed by atoms with E-state index < -0.39 is 28.8 Å². The number of carbonyl (C=O) groups is 2. The summed E-state index contributed by atoms with van der Waals surface area (Å²) in [4.78, 5) is 23.4. The Kier molecular flexibility index (Phi) is 6.29. The maximum absolute atomic E-state index is 13.0. The molecule has 152 valence electrons. The Hall–Kier alpha value is -3.38. The van der Waals surface area contributed by atoms with Crippen LogP contribution in [0.5, 0.6) is 0 Å². The zero-order valence-electron chi connectivity index (χ0n) is 15.6. The van der Waals surface area contributed by atoms with Gasteiger partial charge >= 0.3 is 6.18 Å². The van der Waals surface area contributed by atoms with E-state index in [2.05, 4.69) is 10.6 Å². The van der Waals surface area contributed by atoms with Gasteiger partial charge in [0.2, 0.25) is 5.91 Å². The second-order valence-corrected chi connectivity index (χ2v) is 6.65. The molecule has 0 fully saturated rings. The fraction of sp³-hybridized carbons (Fsp3) is 0.250. The first-order valence-electron chi connectivity index (χ1n) is 8.44. The summed E-state index contributed by atoms with van der Waals surface area (Å²) in [5.41, 5.74) is -2.73. The monoisotopic (exact) mass is 405 g/mol. The van der Waals surface area contributed by atoms with Crippen LogP contribution in [0.2, 0.25) is 0 Å². The minimum atomic E-state index is -4.76. The van der Waals surface area contributed by atoms with Gasteiger partial charge in [0.15, 0.2) is 0 Å². The van der Waals surface area contributed by atoms with Gasteiger partial charge in [-0.2, -0.15) is 18.4 Å². The number of carbonyl (C=O) groups excluding carboxylic acids is 2. The molecule has 6 nitrogen and oxygen atoms in total. The Balaban J connectivity index is 2.15. The number of hydrogen-bond acceptors (Lipinski definition) is 4. The van der Waals surface area contributed by atoms with Crippen molar-refractivity contribution < 1.29 is 27.9 Å². The number of anilines is 2. The minimum Gasteiger partial charge on any atom is -0.380 e. The van der Waals surface area contributed by atoms with Gasteiger partial charge < -0.3 is 15.7 Å². The summed E-state index contributed by atoms with van der Waals surface area (Å²) < 4.78 is 39.1. The van der Waals surface area contributed by atoms with Crippen molar-refractivity contribution >= 4 is 23.2 Å². The first-order chi connectivity index (χ1) is 13.4. The van der Waals surface area contributed by atoms with Crippen LogP contribution in [0, 0.1) is 11.3 Å². The van der Waals surface area contributed by atoms with Crippen LogP contribution in [0.3, 0.4) is 0 Å². The average Bonchev–Trinajstić information content (AvgIpc) is 2.62. The molecule has 0 aliphatic rings. The van der Waals surface area contributed by atoms with E-state index in [1.807, 2.05) is 0 Å². The number of hydrogen-bond donors (Lipinski definition) is 3. The Labute approximate surface area is 165 Å². The zero-order valence-corrected chi connectivity index (χ0v) is 15.6. The highest BCUT2D eigenvalue weighted by Crippen LogP contribution is 2.33. The number of nitriles is 1. The van der Waals surface area contributed by atoms with E-state index in [0.29, 0.717) is 17.3 Å². The molecule has 0 saturated heterocycles. The second-order valence-electron chi connectivity index (χ2n) is 6.65. The van der Waals surface area contributed by atoms with Crippen LogP contribution in [0.15, 0.2) is 42.5 Å². The predicted molar refractivity (Wildman–Crippen MR) is 99.9 cm³/mol. The van der Waals surface area contributed by atoms with Crippen molar-refractivity contribution in [1.29, 1.82) is 5.26 Å². The van der Waals surface area contributed by atoms with Crippen molar-refractivity contribution in [1.82, 2.24) is 0 Å². The third-order valence-electron chi connectivity index (χ3n) is 4.02. The van der Waals surface area contributed by atoms with Crippen LogP contribution >= 0.6 is 0 Å². The molecule has 2 amide bonds. The number of nitrogens with zero attached hydrogens (tertiary/aromatic N) is 1. The third kappa shape index (κ3) is 5.80. The number of halogens is 3. The minimum absolute atomic E-state index is 0.110.